The summed E-state index contributed by atoms with van der Waals surface area (Å²) >= 11 is 0. The molecule has 1 aromatic carbocycles. The summed E-state index contributed by atoms with van der Waals surface area (Å²) in [6.07, 6.45) is -3.75. The Morgan fingerprint density at radius 3 is 2.53 bits per heavy atom. The van der Waals surface area contributed by atoms with Crippen molar-refractivity contribution in [3.63, 3.8) is 0 Å². The van der Waals surface area contributed by atoms with Gasteiger partial charge in [0, 0.05) is 0 Å². The van der Waals surface area contributed by atoms with Crippen molar-refractivity contribution >= 4 is 5.95 Å². The van der Waals surface area contributed by atoms with E-state index < -0.39 is 18.9 Å². The molecule has 19 heavy (non-hydrogen) atoms. The first kappa shape index (κ1) is 13.2. The summed E-state index contributed by atoms with van der Waals surface area (Å²) in [5.74, 6) is -4.28. The van der Waals surface area contributed by atoms with Gasteiger partial charge in [-0.3, -0.25) is 0 Å². The van der Waals surface area contributed by atoms with Crippen molar-refractivity contribution in [2.75, 3.05) is 11.9 Å². The molecular formula is C10H9F4N5. The predicted octanol–water partition coefficient (Wildman–Crippen LogP) is 1.97. The molecule has 0 aliphatic rings. The largest absolute Gasteiger partial charge is 0.346 e. The zero-order chi connectivity index (χ0) is 13.9. The van der Waals surface area contributed by atoms with Crippen LogP contribution in [0.1, 0.15) is 0 Å². The van der Waals surface area contributed by atoms with Crippen LogP contribution in [-0.4, -0.2) is 39.1 Å². The molecule has 0 atom stereocenters. The third-order valence-corrected chi connectivity index (χ3v) is 2.27. The Balaban J connectivity index is 2.13. The van der Waals surface area contributed by atoms with Crippen LogP contribution in [0, 0.1) is 0 Å². The zero-order valence-corrected chi connectivity index (χ0v) is 9.47. The molecule has 0 aliphatic carbocycles. The summed E-state index contributed by atoms with van der Waals surface area (Å²) in [4.78, 5) is 0. The quantitative estimate of drug-likeness (QED) is 0.848. The number of halogens is 4. The molecule has 0 fully saturated rings. The van der Waals surface area contributed by atoms with Gasteiger partial charge in [-0.05, 0) is 22.6 Å². The number of rotatable bonds is 5. The Bertz CT molecular complexity index is 528. The number of nitrogens with zero attached hydrogens (tertiary/aromatic N) is 4. The van der Waals surface area contributed by atoms with Gasteiger partial charge in [0.2, 0.25) is 5.95 Å². The molecule has 102 valence electrons. The summed E-state index contributed by atoms with van der Waals surface area (Å²) in [7, 11) is 0. The molecule has 0 saturated heterocycles. The fourth-order valence-corrected chi connectivity index (χ4v) is 1.31. The Morgan fingerprint density at radius 1 is 1.21 bits per heavy atom. The highest BCUT2D eigenvalue weighted by Gasteiger charge is 2.40. The van der Waals surface area contributed by atoms with E-state index in [4.69, 9.17) is 0 Å². The molecule has 0 radical (unpaired) electrons. The Morgan fingerprint density at radius 2 is 1.89 bits per heavy atom. The van der Waals surface area contributed by atoms with E-state index in [9.17, 15) is 17.6 Å². The molecule has 0 unspecified atom stereocenters. The number of anilines is 1. The molecule has 0 saturated carbocycles. The number of alkyl halides is 4. The van der Waals surface area contributed by atoms with Crippen LogP contribution in [0.15, 0.2) is 30.3 Å². The minimum atomic E-state index is -4.15. The maximum atomic E-state index is 12.8. The normalized spacial score (nSPS) is 11.8. The van der Waals surface area contributed by atoms with Gasteiger partial charge in [0.1, 0.15) is 0 Å². The van der Waals surface area contributed by atoms with Gasteiger partial charge in [-0.2, -0.15) is 13.5 Å². The van der Waals surface area contributed by atoms with Crippen molar-refractivity contribution in [3.8, 4) is 5.69 Å². The van der Waals surface area contributed by atoms with Gasteiger partial charge in [-0.15, -0.1) is 0 Å². The minimum Gasteiger partial charge on any atom is -0.346 e. The van der Waals surface area contributed by atoms with Crippen LogP contribution in [0.3, 0.4) is 0 Å². The van der Waals surface area contributed by atoms with E-state index in [0.717, 1.165) is 4.68 Å². The van der Waals surface area contributed by atoms with E-state index in [1.165, 1.54) is 0 Å². The van der Waals surface area contributed by atoms with Crippen LogP contribution < -0.4 is 5.32 Å². The third kappa shape index (κ3) is 2.98. The summed E-state index contributed by atoms with van der Waals surface area (Å²) in [6, 6.07) is 8.45. The average molecular weight is 275 g/mol. The summed E-state index contributed by atoms with van der Waals surface area (Å²) in [6.45, 7) is -1.25. The molecule has 2 aromatic rings. The lowest BCUT2D eigenvalue weighted by atomic mass is 10.3. The first-order valence-electron chi connectivity index (χ1n) is 5.24. The van der Waals surface area contributed by atoms with Gasteiger partial charge in [0.25, 0.3) is 0 Å². The van der Waals surface area contributed by atoms with Crippen LogP contribution in [0.2, 0.25) is 0 Å². The third-order valence-electron chi connectivity index (χ3n) is 2.27. The van der Waals surface area contributed by atoms with E-state index in [2.05, 4.69) is 20.8 Å². The van der Waals surface area contributed by atoms with E-state index in [1.54, 1.807) is 30.3 Å². The molecule has 2 rings (SSSR count). The maximum absolute atomic E-state index is 12.8. The van der Waals surface area contributed by atoms with E-state index in [1.807, 2.05) is 0 Å². The SMILES string of the molecule is FC(F)C(F)(F)CNc1nnnn1-c1ccccc1. The molecule has 1 N–H and O–H groups in total. The second-order valence-corrected chi connectivity index (χ2v) is 3.67. The molecule has 0 bridgehead atoms. The second kappa shape index (κ2) is 5.21. The summed E-state index contributed by atoms with van der Waals surface area (Å²) < 4.78 is 50.7. The molecule has 1 aromatic heterocycles. The van der Waals surface area contributed by atoms with Gasteiger partial charge in [0.05, 0.1) is 12.2 Å². The maximum Gasteiger partial charge on any atom is 0.324 e. The summed E-state index contributed by atoms with van der Waals surface area (Å²) in [5, 5.41) is 12.5. The molecule has 0 amide bonds. The zero-order valence-electron chi connectivity index (χ0n) is 9.47. The molecular weight excluding hydrogens is 266 g/mol. The number of benzene rings is 1. The number of hydrogen-bond donors (Lipinski definition) is 1. The Hall–Kier alpha value is -2.19. The van der Waals surface area contributed by atoms with Crippen LogP contribution in [0.4, 0.5) is 23.5 Å². The standard InChI is InChI=1S/C10H9F4N5/c11-8(12)10(13,14)6-15-9-16-17-18-19(9)7-4-2-1-3-5-7/h1-5,8H,6H2,(H,15,16,18). The predicted molar refractivity (Wildman–Crippen MR) is 58.6 cm³/mol. The number of para-hydroxylation sites is 1. The van der Waals surface area contributed by atoms with Crippen molar-refractivity contribution in [2.45, 2.75) is 12.3 Å². The van der Waals surface area contributed by atoms with Crippen molar-refractivity contribution in [2.24, 2.45) is 0 Å². The Kier molecular flexibility index (Phi) is 3.63. The highest BCUT2D eigenvalue weighted by molar-refractivity contribution is 5.38. The lowest BCUT2D eigenvalue weighted by Crippen LogP contribution is -2.35. The van der Waals surface area contributed by atoms with E-state index in [0.29, 0.717) is 5.69 Å². The van der Waals surface area contributed by atoms with Crippen LogP contribution in [-0.2, 0) is 0 Å². The lowest BCUT2D eigenvalue weighted by Gasteiger charge is -2.15. The first-order chi connectivity index (χ1) is 9.00. The molecule has 9 heteroatoms. The average Bonchev–Trinajstić information content (AvgIpc) is 2.85. The van der Waals surface area contributed by atoms with Crippen LogP contribution in [0.25, 0.3) is 5.69 Å². The van der Waals surface area contributed by atoms with Gasteiger partial charge in [0.15, 0.2) is 0 Å². The fourth-order valence-electron chi connectivity index (χ4n) is 1.31. The van der Waals surface area contributed by atoms with Crippen LogP contribution in [0.5, 0.6) is 0 Å². The monoisotopic (exact) mass is 275 g/mol. The smallest absolute Gasteiger partial charge is 0.324 e. The first-order valence-corrected chi connectivity index (χ1v) is 5.24. The minimum absolute atomic E-state index is 0.133. The summed E-state index contributed by atoms with van der Waals surface area (Å²) in [5.41, 5.74) is 0.523. The second-order valence-electron chi connectivity index (χ2n) is 3.67. The van der Waals surface area contributed by atoms with E-state index >= 15 is 0 Å². The van der Waals surface area contributed by atoms with Gasteiger partial charge in [-0.25, -0.2) is 8.78 Å². The van der Waals surface area contributed by atoms with E-state index in [-0.39, 0.29) is 5.95 Å². The molecule has 1 heterocycles. The van der Waals surface area contributed by atoms with Crippen molar-refractivity contribution in [3.05, 3.63) is 30.3 Å². The van der Waals surface area contributed by atoms with Gasteiger partial charge < -0.3 is 5.32 Å². The number of nitrogens with one attached hydrogen (secondary N) is 1. The highest BCUT2D eigenvalue weighted by atomic mass is 19.3. The molecule has 0 spiro atoms. The topological polar surface area (TPSA) is 55.6 Å². The van der Waals surface area contributed by atoms with Crippen molar-refractivity contribution in [1.29, 1.82) is 0 Å². The van der Waals surface area contributed by atoms with Crippen LogP contribution >= 0.6 is 0 Å². The van der Waals surface area contributed by atoms with Gasteiger partial charge >= 0.3 is 12.3 Å². The van der Waals surface area contributed by atoms with Gasteiger partial charge in [-0.1, -0.05) is 23.3 Å². The number of hydrogen-bond acceptors (Lipinski definition) is 4. The Labute approximate surface area is 105 Å². The lowest BCUT2D eigenvalue weighted by molar-refractivity contribution is -0.117. The van der Waals surface area contributed by atoms with Crippen molar-refractivity contribution < 1.29 is 17.6 Å². The fraction of sp³-hybridized carbons (Fsp3) is 0.300. The highest BCUT2D eigenvalue weighted by Crippen LogP contribution is 2.23. The molecule has 0 aliphatic heterocycles. The number of tetrazole rings is 1. The number of aromatic nitrogens is 4. The molecule has 5 nitrogen and oxygen atoms in total. The van der Waals surface area contributed by atoms with Crippen molar-refractivity contribution in [1.82, 2.24) is 20.2 Å².